The summed E-state index contributed by atoms with van der Waals surface area (Å²) < 4.78 is 10.4. The molecule has 0 radical (unpaired) electrons. The number of anilines is 1. The number of ether oxygens (including phenoxy) is 2. The maximum absolute atomic E-state index is 12.4. The maximum atomic E-state index is 12.4. The van der Waals surface area contributed by atoms with Gasteiger partial charge in [0.05, 0.1) is 36.9 Å². The van der Waals surface area contributed by atoms with E-state index in [9.17, 15) is 10.1 Å². The largest absolute Gasteiger partial charge is 0.493 e. The Morgan fingerprint density at radius 2 is 1.93 bits per heavy atom. The van der Waals surface area contributed by atoms with Crippen molar-refractivity contribution in [3.05, 3.63) is 60.3 Å². The summed E-state index contributed by atoms with van der Waals surface area (Å²) in [6.07, 6.45) is 1.68. The molecule has 29 heavy (non-hydrogen) atoms. The topological polar surface area (TPSA) is 97.1 Å². The van der Waals surface area contributed by atoms with E-state index in [1.807, 2.05) is 18.2 Å². The lowest BCUT2D eigenvalue weighted by atomic mass is 10.2. The summed E-state index contributed by atoms with van der Waals surface area (Å²) in [5.41, 5.74) is 2.35. The molecule has 2 heterocycles. The fourth-order valence-corrected chi connectivity index (χ4v) is 3.31. The molecule has 0 aliphatic heterocycles. The van der Waals surface area contributed by atoms with Gasteiger partial charge in [0, 0.05) is 18.0 Å². The number of hydrogen-bond donors (Lipinski definition) is 1. The van der Waals surface area contributed by atoms with Crippen LogP contribution < -0.4 is 14.8 Å². The fraction of sp³-hybridized carbons (Fsp3) is 0.143. The molecule has 0 fully saturated rings. The Balaban J connectivity index is 1.70. The van der Waals surface area contributed by atoms with Crippen LogP contribution in [0.1, 0.15) is 5.56 Å². The van der Waals surface area contributed by atoms with Crippen LogP contribution in [0.3, 0.4) is 0 Å². The molecule has 146 valence electrons. The summed E-state index contributed by atoms with van der Waals surface area (Å²) in [7, 11) is 3.08. The second-order valence-electron chi connectivity index (χ2n) is 5.78. The SMILES string of the molecule is COc1ccc(NC(=O)CSc2nc(-c3ccccn3)ccc2C#N)cc1OC. The van der Waals surface area contributed by atoms with Gasteiger partial charge in [-0.2, -0.15) is 5.26 Å². The van der Waals surface area contributed by atoms with Gasteiger partial charge in [0.1, 0.15) is 11.1 Å². The molecule has 0 bridgehead atoms. The van der Waals surface area contributed by atoms with Crippen molar-refractivity contribution in [3.63, 3.8) is 0 Å². The number of nitriles is 1. The molecule has 1 N–H and O–H groups in total. The normalized spacial score (nSPS) is 10.1. The molecule has 3 aromatic rings. The molecule has 1 aromatic carbocycles. The lowest BCUT2D eigenvalue weighted by molar-refractivity contribution is -0.113. The maximum Gasteiger partial charge on any atom is 0.234 e. The van der Waals surface area contributed by atoms with Crippen LogP contribution in [0.5, 0.6) is 11.5 Å². The fourth-order valence-electron chi connectivity index (χ4n) is 2.54. The van der Waals surface area contributed by atoms with Crippen molar-refractivity contribution in [1.82, 2.24) is 9.97 Å². The van der Waals surface area contributed by atoms with E-state index in [4.69, 9.17) is 9.47 Å². The Morgan fingerprint density at radius 3 is 2.62 bits per heavy atom. The van der Waals surface area contributed by atoms with E-state index in [0.717, 1.165) is 0 Å². The zero-order valence-corrected chi connectivity index (χ0v) is 16.7. The van der Waals surface area contributed by atoms with Crippen molar-refractivity contribution in [1.29, 1.82) is 5.26 Å². The summed E-state index contributed by atoms with van der Waals surface area (Å²) in [4.78, 5) is 21.1. The number of thioether (sulfide) groups is 1. The molecule has 2 aromatic heterocycles. The summed E-state index contributed by atoms with van der Waals surface area (Å²) in [6, 6.07) is 16.2. The monoisotopic (exact) mass is 406 g/mol. The number of hydrogen-bond acceptors (Lipinski definition) is 7. The number of nitrogens with one attached hydrogen (secondary N) is 1. The molecule has 0 atom stereocenters. The predicted octanol–water partition coefficient (Wildman–Crippen LogP) is 3.76. The first-order valence-electron chi connectivity index (χ1n) is 8.62. The number of carbonyl (C=O) groups excluding carboxylic acids is 1. The number of benzene rings is 1. The number of pyridine rings is 2. The average Bonchev–Trinajstić information content (AvgIpc) is 2.78. The van der Waals surface area contributed by atoms with Gasteiger partial charge in [0.25, 0.3) is 0 Å². The van der Waals surface area contributed by atoms with Crippen LogP contribution in [0.2, 0.25) is 0 Å². The Morgan fingerprint density at radius 1 is 1.10 bits per heavy atom. The van der Waals surface area contributed by atoms with Gasteiger partial charge in [-0.1, -0.05) is 17.8 Å². The summed E-state index contributed by atoms with van der Waals surface area (Å²) in [6.45, 7) is 0. The van der Waals surface area contributed by atoms with Crippen molar-refractivity contribution in [2.75, 3.05) is 25.3 Å². The second kappa shape index (κ2) is 9.57. The Labute approximate surface area is 172 Å². The van der Waals surface area contributed by atoms with Crippen LogP contribution in [0.25, 0.3) is 11.4 Å². The van der Waals surface area contributed by atoms with Crippen LogP contribution in [0.15, 0.2) is 59.8 Å². The van der Waals surface area contributed by atoms with E-state index in [1.165, 1.54) is 18.9 Å². The first kappa shape index (κ1) is 20.2. The van der Waals surface area contributed by atoms with Gasteiger partial charge in [0.2, 0.25) is 5.91 Å². The minimum Gasteiger partial charge on any atom is -0.493 e. The molecule has 8 heteroatoms. The quantitative estimate of drug-likeness (QED) is 0.597. The number of methoxy groups -OCH3 is 2. The third-order valence-corrected chi connectivity index (χ3v) is 4.91. The number of carbonyl (C=O) groups is 1. The lowest BCUT2D eigenvalue weighted by Crippen LogP contribution is -2.14. The summed E-state index contributed by atoms with van der Waals surface area (Å²) in [5.74, 6) is 0.974. The molecular weight excluding hydrogens is 388 g/mol. The molecule has 0 unspecified atom stereocenters. The highest BCUT2D eigenvalue weighted by Gasteiger charge is 2.12. The van der Waals surface area contributed by atoms with Gasteiger partial charge in [-0.05, 0) is 36.4 Å². The molecule has 3 rings (SSSR count). The molecule has 0 saturated heterocycles. The number of rotatable bonds is 7. The van der Waals surface area contributed by atoms with E-state index in [-0.39, 0.29) is 11.7 Å². The third kappa shape index (κ3) is 5.03. The number of nitrogens with zero attached hydrogens (tertiary/aromatic N) is 3. The predicted molar refractivity (Wildman–Crippen MR) is 111 cm³/mol. The molecule has 0 aliphatic rings. The smallest absolute Gasteiger partial charge is 0.234 e. The molecule has 1 amide bonds. The van der Waals surface area contributed by atoms with Crippen molar-refractivity contribution in [2.24, 2.45) is 0 Å². The van der Waals surface area contributed by atoms with E-state index < -0.39 is 0 Å². The van der Waals surface area contributed by atoms with E-state index in [1.54, 1.807) is 43.6 Å². The van der Waals surface area contributed by atoms with E-state index in [2.05, 4.69) is 21.4 Å². The summed E-state index contributed by atoms with van der Waals surface area (Å²) in [5, 5.41) is 12.6. The highest BCUT2D eigenvalue weighted by molar-refractivity contribution is 8.00. The van der Waals surface area contributed by atoms with E-state index >= 15 is 0 Å². The van der Waals surface area contributed by atoms with Gasteiger partial charge >= 0.3 is 0 Å². The Kier molecular flexibility index (Phi) is 6.66. The number of aromatic nitrogens is 2. The first-order chi connectivity index (χ1) is 14.1. The van der Waals surface area contributed by atoms with E-state index in [0.29, 0.717) is 39.2 Å². The van der Waals surface area contributed by atoms with Crippen LogP contribution in [0, 0.1) is 11.3 Å². The third-order valence-electron chi connectivity index (χ3n) is 3.92. The standard InChI is InChI=1S/C21H18N4O3S/c1-27-18-9-7-15(11-19(18)28-2)24-20(26)13-29-21-14(12-22)6-8-17(25-21)16-5-3-4-10-23-16/h3-11H,13H2,1-2H3,(H,24,26). The van der Waals surface area contributed by atoms with Gasteiger partial charge in [-0.25, -0.2) is 4.98 Å². The molecule has 7 nitrogen and oxygen atoms in total. The minimum atomic E-state index is -0.226. The van der Waals surface area contributed by atoms with Gasteiger partial charge in [-0.3, -0.25) is 9.78 Å². The molecule has 0 aliphatic carbocycles. The van der Waals surface area contributed by atoms with Gasteiger partial charge < -0.3 is 14.8 Å². The molecule has 0 spiro atoms. The molecule has 0 saturated carbocycles. The Bertz CT molecular complexity index is 1050. The van der Waals surface area contributed by atoms with Crippen molar-refractivity contribution in [3.8, 4) is 29.0 Å². The van der Waals surface area contributed by atoms with Gasteiger partial charge in [0.15, 0.2) is 11.5 Å². The first-order valence-corrected chi connectivity index (χ1v) is 9.60. The van der Waals surface area contributed by atoms with Crippen LogP contribution in [-0.2, 0) is 4.79 Å². The van der Waals surface area contributed by atoms with Crippen molar-refractivity contribution in [2.45, 2.75) is 5.03 Å². The van der Waals surface area contributed by atoms with Crippen molar-refractivity contribution >= 4 is 23.4 Å². The van der Waals surface area contributed by atoms with Crippen LogP contribution >= 0.6 is 11.8 Å². The Hall–Kier alpha value is -3.57. The average molecular weight is 406 g/mol. The highest BCUT2D eigenvalue weighted by Crippen LogP contribution is 2.30. The van der Waals surface area contributed by atoms with Crippen LogP contribution in [-0.4, -0.2) is 35.8 Å². The lowest BCUT2D eigenvalue weighted by Gasteiger charge is -2.11. The van der Waals surface area contributed by atoms with Gasteiger partial charge in [-0.15, -0.1) is 0 Å². The van der Waals surface area contributed by atoms with Crippen LogP contribution in [0.4, 0.5) is 5.69 Å². The van der Waals surface area contributed by atoms with Crippen molar-refractivity contribution < 1.29 is 14.3 Å². The summed E-state index contributed by atoms with van der Waals surface area (Å²) >= 11 is 1.20. The minimum absolute atomic E-state index is 0.0989. The second-order valence-corrected chi connectivity index (χ2v) is 6.75. The molecular formula is C21H18N4O3S. The number of amides is 1. The zero-order chi connectivity index (χ0) is 20.6. The highest BCUT2D eigenvalue weighted by atomic mass is 32.2. The zero-order valence-electron chi connectivity index (χ0n) is 15.9.